The van der Waals surface area contributed by atoms with Crippen molar-refractivity contribution in [1.82, 2.24) is 9.55 Å². The summed E-state index contributed by atoms with van der Waals surface area (Å²) < 4.78 is 77.9. The largest absolute Gasteiger partial charge is 0.542 e. The van der Waals surface area contributed by atoms with Crippen LogP contribution >= 0.6 is 11.6 Å². The van der Waals surface area contributed by atoms with Crippen LogP contribution < -0.4 is 30.3 Å². The molecule has 2 atom stereocenters. The monoisotopic (exact) mass is 738 g/mol. The lowest BCUT2D eigenvalue weighted by Gasteiger charge is -2.20. The summed E-state index contributed by atoms with van der Waals surface area (Å²) in [5, 5.41) is 23.2. The maximum absolute atomic E-state index is 10.5. The van der Waals surface area contributed by atoms with Gasteiger partial charge in [-0.2, -0.15) is 26.3 Å². The molecule has 3 aromatic rings. The number of carbonyl (C=O) groups is 2. The topological polar surface area (TPSA) is 150 Å². The summed E-state index contributed by atoms with van der Waals surface area (Å²) in [6.07, 6.45) is -0.190. The normalized spacial score (nSPS) is 17.9. The number of halogens is 7. The molecule has 5 rings (SSSR count). The molecule has 17 heteroatoms. The van der Waals surface area contributed by atoms with Crippen molar-refractivity contribution in [3.63, 3.8) is 0 Å². The summed E-state index contributed by atoms with van der Waals surface area (Å²) in [5.74, 6) is -2.54. The van der Waals surface area contributed by atoms with E-state index in [-0.39, 0.29) is 0 Å². The number of aromatic nitrogens is 2. The van der Waals surface area contributed by atoms with E-state index in [9.17, 15) is 26.3 Å². The molecule has 4 N–H and O–H groups in total. The second-order valence-electron chi connectivity index (χ2n) is 12.0. The van der Waals surface area contributed by atoms with Gasteiger partial charge in [0.05, 0.1) is 37.8 Å². The van der Waals surface area contributed by atoms with Crippen LogP contribution in [0.5, 0.6) is 11.5 Å². The SMILES string of the molecule is Clc1ccc(OCc2nc3c(OCCC4CCCC[NH2+]4)cccc3n2CCCC2CCC[NH2+]C2)cc1.O=C([O-])C(F)(F)F.O=C([O-])C(F)(F)F. The highest BCUT2D eigenvalue weighted by Gasteiger charge is 2.29. The molecule has 278 valence electrons. The van der Waals surface area contributed by atoms with Crippen molar-refractivity contribution in [3.05, 3.63) is 53.3 Å². The number of carboxylic acids is 2. The van der Waals surface area contributed by atoms with Crippen LogP contribution in [0.4, 0.5) is 26.3 Å². The highest BCUT2D eigenvalue weighted by Crippen LogP contribution is 2.28. The number of carboxylic acid groups (broad SMARTS) is 2. The molecule has 10 nitrogen and oxygen atoms in total. The van der Waals surface area contributed by atoms with Crippen molar-refractivity contribution < 1.29 is 66.3 Å². The molecular formula is C33H41ClF6N4O6. The number of piperidine rings is 2. The molecule has 2 aliphatic rings. The van der Waals surface area contributed by atoms with Crippen LogP contribution in [0.2, 0.25) is 5.02 Å². The van der Waals surface area contributed by atoms with Gasteiger partial charge in [0.2, 0.25) is 0 Å². The number of benzene rings is 2. The van der Waals surface area contributed by atoms with E-state index >= 15 is 0 Å². The summed E-state index contributed by atoms with van der Waals surface area (Å²) in [6.45, 7) is 5.92. The molecule has 50 heavy (non-hydrogen) atoms. The van der Waals surface area contributed by atoms with Gasteiger partial charge in [0.25, 0.3) is 0 Å². The number of para-hydroxylation sites is 1. The summed E-state index contributed by atoms with van der Waals surface area (Å²) in [5.41, 5.74) is 2.09. The van der Waals surface area contributed by atoms with Gasteiger partial charge in [-0.3, -0.25) is 0 Å². The Kier molecular flexibility index (Phi) is 15.9. The van der Waals surface area contributed by atoms with E-state index in [0.29, 0.717) is 17.7 Å². The fraction of sp³-hybridized carbons (Fsp3) is 0.545. The number of aryl methyl sites for hydroxylation is 1. The number of quaternary nitrogens is 2. The zero-order valence-corrected chi connectivity index (χ0v) is 28.0. The molecule has 0 aliphatic carbocycles. The first-order valence-corrected chi connectivity index (χ1v) is 16.7. The Morgan fingerprint density at radius 3 is 2.16 bits per heavy atom. The van der Waals surface area contributed by atoms with Gasteiger partial charge in [-0.05, 0) is 81.3 Å². The summed E-state index contributed by atoms with van der Waals surface area (Å²) >= 11 is 6.05. The van der Waals surface area contributed by atoms with Crippen molar-refractivity contribution in [2.75, 3.05) is 26.2 Å². The predicted octanol–water partition coefficient (Wildman–Crippen LogP) is 2.50. The molecule has 2 unspecified atom stereocenters. The van der Waals surface area contributed by atoms with Gasteiger partial charge >= 0.3 is 12.4 Å². The number of aliphatic carboxylic acids is 2. The highest BCUT2D eigenvalue weighted by atomic mass is 35.5. The minimum atomic E-state index is -5.19. The third-order valence-electron chi connectivity index (χ3n) is 8.26. The molecule has 0 saturated carbocycles. The molecule has 0 amide bonds. The Hall–Kier alpha value is -3.76. The first kappa shape index (κ1) is 40.7. The molecule has 3 heterocycles. The summed E-state index contributed by atoms with van der Waals surface area (Å²) in [7, 11) is 0. The van der Waals surface area contributed by atoms with Crippen LogP contribution in [0.25, 0.3) is 11.0 Å². The van der Waals surface area contributed by atoms with Crippen molar-refractivity contribution in [3.8, 4) is 11.5 Å². The van der Waals surface area contributed by atoms with E-state index < -0.39 is 24.3 Å². The first-order valence-electron chi connectivity index (χ1n) is 16.4. The number of hydrogen-bond acceptors (Lipinski definition) is 7. The fourth-order valence-electron chi connectivity index (χ4n) is 5.75. The Morgan fingerprint density at radius 1 is 0.900 bits per heavy atom. The van der Waals surface area contributed by atoms with Crippen molar-refractivity contribution in [2.45, 2.75) is 82.9 Å². The third-order valence-corrected chi connectivity index (χ3v) is 8.51. The van der Waals surface area contributed by atoms with Crippen LogP contribution in [0, 0.1) is 5.92 Å². The molecule has 0 bridgehead atoms. The molecule has 2 aromatic carbocycles. The van der Waals surface area contributed by atoms with Crippen LogP contribution in [0.15, 0.2) is 42.5 Å². The van der Waals surface area contributed by atoms with Gasteiger partial charge in [-0.25, -0.2) is 4.98 Å². The van der Waals surface area contributed by atoms with Crippen LogP contribution in [-0.4, -0.2) is 66.1 Å². The number of rotatable bonds is 11. The first-order chi connectivity index (χ1) is 23.6. The minimum Gasteiger partial charge on any atom is -0.542 e. The van der Waals surface area contributed by atoms with E-state index in [0.717, 1.165) is 60.3 Å². The second kappa shape index (κ2) is 19.6. The Morgan fingerprint density at radius 2 is 1.58 bits per heavy atom. The Balaban J connectivity index is 0.000000408. The third kappa shape index (κ3) is 13.9. The van der Waals surface area contributed by atoms with E-state index in [4.69, 9.17) is 45.9 Å². The van der Waals surface area contributed by atoms with E-state index in [2.05, 4.69) is 33.4 Å². The number of nitrogens with zero attached hydrogens (tertiary/aromatic N) is 2. The molecular weight excluding hydrogens is 698 g/mol. The van der Waals surface area contributed by atoms with E-state index in [1.165, 1.54) is 58.2 Å². The molecule has 1 aromatic heterocycles. The van der Waals surface area contributed by atoms with Gasteiger partial charge in [0.1, 0.15) is 41.4 Å². The standard InChI is InChI=1S/C29H39ClN4O2.2C2HF3O2/c30-23-11-13-25(14-12-23)36-21-28-33-29-26(34(28)18-5-7-22-6-4-16-31-20-22)9-3-10-27(29)35-19-15-24-8-1-2-17-32-24;2*3-2(4,5)1(6)7/h3,9-14,22,24,31-32H,1-2,4-8,15-21H2;2*(H,6,7). The number of alkyl halides is 6. The predicted molar refractivity (Wildman–Crippen MR) is 166 cm³/mol. The smallest absolute Gasteiger partial charge is 0.430 e. The molecule has 2 fully saturated rings. The Labute approximate surface area is 290 Å². The van der Waals surface area contributed by atoms with Gasteiger partial charge in [0.15, 0.2) is 0 Å². The average Bonchev–Trinajstić information content (AvgIpc) is 3.43. The van der Waals surface area contributed by atoms with Gasteiger partial charge in [-0.15, -0.1) is 0 Å². The zero-order valence-electron chi connectivity index (χ0n) is 27.2. The number of imidazole rings is 1. The molecule has 2 aliphatic heterocycles. The van der Waals surface area contributed by atoms with Crippen LogP contribution in [0.1, 0.15) is 57.2 Å². The quantitative estimate of drug-likeness (QED) is 0.287. The van der Waals surface area contributed by atoms with E-state index in [1.54, 1.807) is 0 Å². The molecule has 0 spiro atoms. The lowest BCUT2D eigenvalue weighted by Crippen LogP contribution is -2.91. The summed E-state index contributed by atoms with van der Waals surface area (Å²) in [6, 6.07) is 14.6. The number of hydrogen-bond donors (Lipinski definition) is 2. The van der Waals surface area contributed by atoms with Crippen molar-refractivity contribution >= 4 is 34.6 Å². The number of fused-ring (bicyclic) bond motifs is 1. The minimum absolute atomic E-state index is 0.421. The van der Waals surface area contributed by atoms with Gasteiger partial charge in [-0.1, -0.05) is 17.7 Å². The zero-order chi connectivity index (χ0) is 36.7. The molecule has 2 saturated heterocycles. The van der Waals surface area contributed by atoms with E-state index in [1.807, 2.05) is 24.3 Å². The average molecular weight is 739 g/mol. The van der Waals surface area contributed by atoms with Gasteiger partial charge in [0, 0.05) is 23.9 Å². The highest BCUT2D eigenvalue weighted by molar-refractivity contribution is 6.30. The van der Waals surface area contributed by atoms with Crippen LogP contribution in [-0.2, 0) is 22.7 Å². The maximum atomic E-state index is 10.5. The van der Waals surface area contributed by atoms with Gasteiger partial charge < -0.3 is 44.5 Å². The lowest BCUT2D eigenvalue weighted by molar-refractivity contribution is -0.698. The number of ether oxygens (including phenoxy) is 2. The summed E-state index contributed by atoms with van der Waals surface area (Å²) in [4.78, 5) is 22.6. The Bertz CT molecular complexity index is 1470. The molecule has 0 radical (unpaired) electrons. The van der Waals surface area contributed by atoms with Crippen molar-refractivity contribution in [2.24, 2.45) is 5.92 Å². The second-order valence-corrected chi connectivity index (χ2v) is 12.4. The van der Waals surface area contributed by atoms with Crippen LogP contribution in [0.3, 0.4) is 0 Å². The maximum Gasteiger partial charge on any atom is 0.430 e. The lowest BCUT2D eigenvalue weighted by atomic mass is 9.95. The van der Waals surface area contributed by atoms with Crippen molar-refractivity contribution in [1.29, 1.82) is 0 Å². The number of nitrogens with two attached hydrogens (primary N) is 2. The number of carbonyl (C=O) groups excluding carboxylic acids is 2. The fourth-order valence-corrected chi connectivity index (χ4v) is 5.88.